The number of thiophene rings is 1. The lowest BCUT2D eigenvalue weighted by molar-refractivity contribution is -0.774. The SMILES string of the molecule is CC1c2cc3c(cc2-n2ncc[n+]21)sc1ccccc13. The van der Waals surface area contributed by atoms with Gasteiger partial charge in [-0.3, -0.25) is 0 Å². The first kappa shape index (κ1) is 10.6. The molecule has 1 unspecified atom stereocenters. The Balaban J connectivity index is 1.94. The van der Waals surface area contributed by atoms with Crippen LogP contribution >= 0.6 is 11.3 Å². The summed E-state index contributed by atoms with van der Waals surface area (Å²) in [6, 6.07) is 13.6. The number of benzene rings is 2. The number of rotatable bonds is 0. The normalized spacial score (nSPS) is 16.8. The van der Waals surface area contributed by atoms with E-state index in [0.717, 1.165) is 0 Å². The lowest BCUT2D eigenvalue weighted by atomic mass is 10.0. The third-order valence-electron chi connectivity index (χ3n) is 4.20. The molecule has 5 rings (SSSR count). The molecule has 3 heterocycles. The number of aromatic nitrogens is 3. The smallest absolute Gasteiger partial charge is 0.148 e. The van der Waals surface area contributed by atoms with Crippen LogP contribution in [0.5, 0.6) is 0 Å². The van der Waals surface area contributed by atoms with Crippen LogP contribution in [0.3, 0.4) is 0 Å². The molecule has 4 heteroatoms. The molecule has 2 aromatic heterocycles. The first-order valence-corrected chi connectivity index (χ1v) is 7.55. The molecule has 1 aliphatic heterocycles. The van der Waals surface area contributed by atoms with Crippen LogP contribution in [-0.2, 0) is 0 Å². The summed E-state index contributed by atoms with van der Waals surface area (Å²) in [5.74, 6) is 0. The van der Waals surface area contributed by atoms with E-state index in [1.807, 2.05) is 28.5 Å². The predicted octanol–water partition coefficient (Wildman–Crippen LogP) is 3.45. The van der Waals surface area contributed by atoms with E-state index in [1.165, 1.54) is 31.4 Å². The van der Waals surface area contributed by atoms with Gasteiger partial charge in [0.15, 0.2) is 6.20 Å². The van der Waals surface area contributed by atoms with Crippen LogP contribution in [0.15, 0.2) is 48.8 Å². The summed E-state index contributed by atoms with van der Waals surface area (Å²) in [4.78, 5) is 2.00. The highest BCUT2D eigenvalue weighted by atomic mass is 32.1. The maximum Gasteiger partial charge on any atom is 0.206 e. The lowest BCUT2D eigenvalue weighted by Gasteiger charge is -2.00. The second-order valence-corrected chi connectivity index (χ2v) is 6.35. The topological polar surface area (TPSA) is 21.7 Å². The molecular formula is C16H12N3S+. The summed E-state index contributed by atoms with van der Waals surface area (Å²) in [7, 11) is 0. The average Bonchev–Trinajstić information content (AvgIpc) is 3.13. The molecule has 96 valence electrons. The summed E-state index contributed by atoms with van der Waals surface area (Å²) in [6.45, 7) is 2.23. The fourth-order valence-corrected chi connectivity index (χ4v) is 4.31. The van der Waals surface area contributed by atoms with Crippen LogP contribution < -0.4 is 4.68 Å². The van der Waals surface area contributed by atoms with Crippen molar-refractivity contribution in [2.75, 3.05) is 0 Å². The fourth-order valence-electron chi connectivity index (χ4n) is 3.19. The molecule has 0 amide bonds. The van der Waals surface area contributed by atoms with Crippen molar-refractivity contribution in [3.63, 3.8) is 0 Å². The molecule has 4 aromatic rings. The minimum atomic E-state index is 0.343. The van der Waals surface area contributed by atoms with Crippen LogP contribution in [0.4, 0.5) is 0 Å². The molecule has 3 nitrogen and oxygen atoms in total. The molecule has 0 spiro atoms. The molecule has 1 atom stereocenters. The Morgan fingerprint density at radius 3 is 3.00 bits per heavy atom. The number of nitrogens with zero attached hydrogens (tertiary/aromatic N) is 3. The summed E-state index contributed by atoms with van der Waals surface area (Å²) in [5, 5.41) is 7.16. The van der Waals surface area contributed by atoms with Crippen molar-refractivity contribution < 1.29 is 4.68 Å². The fraction of sp³-hybridized carbons (Fsp3) is 0.125. The van der Waals surface area contributed by atoms with Gasteiger partial charge in [-0.2, -0.15) is 0 Å². The highest BCUT2D eigenvalue weighted by Crippen LogP contribution is 2.38. The quantitative estimate of drug-likeness (QED) is 0.451. The van der Waals surface area contributed by atoms with Gasteiger partial charge in [0, 0.05) is 30.8 Å². The first-order chi connectivity index (χ1) is 9.83. The summed E-state index contributed by atoms with van der Waals surface area (Å²) >= 11 is 1.86. The number of hydrogen-bond donors (Lipinski definition) is 0. The second kappa shape index (κ2) is 3.46. The predicted molar refractivity (Wildman–Crippen MR) is 80.5 cm³/mol. The summed E-state index contributed by atoms with van der Waals surface area (Å²) < 4.78 is 4.87. The van der Waals surface area contributed by atoms with Gasteiger partial charge in [0.25, 0.3) is 0 Å². The molecule has 0 fully saturated rings. The zero-order chi connectivity index (χ0) is 13.3. The maximum atomic E-state index is 4.43. The van der Waals surface area contributed by atoms with Crippen LogP contribution in [0.2, 0.25) is 0 Å². The van der Waals surface area contributed by atoms with Gasteiger partial charge in [0.1, 0.15) is 11.7 Å². The molecule has 0 N–H and O–H groups in total. The van der Waals surface area contributed by atoms with E-state index < -0.39 is 0 Å². The highest BCUT2D eigenvalue weighted by molar-refractivity contribution is 7.25. The van der Waals surface area contributed by atoms with Crippen molar-refractivity contribution in [1.82, 2.24) is 9.90 Å². The van der Waals surface area contributed by atoms with E-state index in [2.05, 4.69) is 53.1 Å². The Morgan fingerprint density at radius 2 is 2.05 bits per heavy atom. The zero-order valence-corrected chi connectivity index (χ0v) is 11.8. The highest BCUT2D eigenvalue weighted by Gasteiger charge is 2.32. The van der Waals surface area contributed by atoms with Gasteiger partial charge in [-0.15, -0.1) is 16.0 Å². The standard InChI is InChI=1S/C16H12N3S/c1-10-12-8-13-11-4-2-3-5-15(11)20-16(13)9-14(12)19-17-6-7-18(10)19/h2-10H,1H3/q+1. The van der Waals surface area contributed by atoms with Gasteiger partial charge in [0.05, 0.1) is 0 Å². The van der Waals surface area contributed by atoms with Gasteiger partial charge in [0.2, 0.25) is 6.20 Å². The third kappa shape index (κ3) is 1.15. The summed E-state index contributed by atoms with van der Waals surface area (Å²) in [5.41, 5.74) is 2.57. The molecule has 0 saturated heterocycles. The molecule has 0 radical (unpaired) electrons. The van der Waals surface area contributed by atoms with Crippen molar-refractivity contribution in [2.45, 2.75) is 13.0 Å². The van der Waals surface area contributed by atoms with Crippen LogP contribution in [-0.4, -0.2) is 9.90 Å². The van der Waals surface area contributed by atoms with Crippen molar-refractivity contribution >= 4 is 31.5 Å². The molecule has 1 aliphatic rings. The van der Waals surface area contributed by atoms with Gasteiger partial charge >= 0.3 is 0 Å². The van der Waals surface area contributed by atoms with Gasteiger partial charge < -0.3 is 0 Å². The zero-order valence-electron chi connectivity index (χ0n) is 10.9. The first-order valence-electron chi connectivity index (χ1n) is 6.74. The minimum Gasteiger partial charge on any atom is -0.148 e. The van der Waals surface area contributed by atoms with Gasteiger partial charge in [-0.1, -0.05) is 18.2 Å². The molecule has 0 saturated carbocycles. The number of fused-ring (bicyclic) bond motifs is 6. The van der Waals surface area contributed by atoms with E-state index in [4.69, 9.17) is 0 Å². The Morgan fingerprint density at radius 1 is 1.15 bits per heavy atom. The van der Waals surface area contributed by atoms with Gasteiger partial charge in [-0.25, -0.2) is 0 Å². The van der Waals surface area contributed by atoms with Crippen molar-refractivity contribution in [1.29, 1.82) is 0 Å². The maximum absolute atomic E-state index is 4.43. The second-order valence-electron chi connectivity index (χ2n) is 5.26. The lowest BCUT2D eigenvalue weighted by Crippen LogP contribution is -2.40. The monoisotopic (exact) mass is 278 g/mol. The summed E-state index contributed by atoms with van der Waals surface area (Å²) in [6.07, 6.45) is 3.89. The molecule has 20 heavy (non-hydrogen) atoms. The Hall–Kier alpha value is -2.20. The largest absolute Gasteiger partial charge is 0.206 e. The van der Waals surface area contributed by atoms with Gasteiger partial charge in [-0.05, 0) is 29.9 Å². The van der Waals surface area contributed by atoms with E-state index in [9.17, 15) is 0 Å². The Bertz CT molecular complexity index is 980. The Kier molecular flexibility index (Phi) is 1.83. The molecule has 0 aliphatic carbocycles. The van der Waals surface area contributed by atoms with Crippen molar-refractivity contribution in [3.05, 3.63) is 54.4 Å². The van der Waals surface area contributed by atoms with E-state index in [0.29, 0.717) is 6.04 Å². The van der Waals surface area contributed by atoms with Crippen LogP contribution in [0.1, 0.15) is 18.5 Å². The molecule has 2 aromatic carbocycles. The Labute approximate surface area is 119 Å². The van der Waals surface area contributed by atoms with Crippen molar-refractivity contribution in [3.8, 4) is 5.69 Å². The number of hydrogen-bond acceptors (Lipinski definition) is 2. The van der Waals surface area contributed by atoms with E-state index in [1.54, 1.807) is 0 Å². The average molecular weight is 278 g/mol. The third-order valence-corrected chi connectivity index (χ3v) is 5.34. The molecular weight excluding hydrogens is 266 g/mol. The van der Waals surface area contributed by atoms with Crippen molar-refractivity contribution in [2.24, 2.45) is 0 Å². The van der Waals surface area contributed by atoms with Crippen LogP contribution in [0.25, 0.3) is 25.9 Å². The van der Waals surface area contributed by atoms with E-state index >= 15 is 0 Å². The van der Waals surface area contributed by atoms with Crippen LogP contribution in [0, 0.1) is 0 Å². The van der Waals surface area contributed by atoms with E-state index in [-0.39, 0.29) is 0 Å². The minimum absolute atomic E-state index is 0.343. The molecule has 0 bridgehead atoms.